The van der Waals surface area contributed by atoms with E-state index < -0.39 is 0 Å². The number of anilines is 2. The molecule has 0 spiro atoms. The van der Waals surface area contributed by atoms with Gasteiger partial charge in [-0.05, 0) is 23.8 Å². The molecule has 0 bridgehead atoms. The number of nitrogens with one attached hydrogen (secondary N) is 1. The first-order valence-electron chi connectivity index (χ1n) is 6.00. The second-order valence-electron chi connectivity index (χ2n) is 4.15. The van der Waals surface area contributed by atoms with Gasteiger partial charge in [0, 0.05) is 18.3 Å². The summed E-state index contributed by atoms with van der Waals surface area (Å²) in [6.45, 7) is 0.577. The van der Waals surface area contributed by atoms with Gasteiger partial charge in [0.25, 0.3) is 0 Å². The summed E-state index contributed by atoms with van der Waals surface area (Å²) in [5.41, 5.74) is 7.31. The van der Waals surface area contributed by atoms with Crippen LogP contribution in [0.15, 0.2) is 30.3 Å². The predicted octanol–water partition coefficient (Wildman–Crippen LogP) is 2.95. The van der Waals surface area contributed by atoms with Crippen molar-refractivity contribution in [3.63, 3.8) is 0 Å². The Balaban J connectivity index is 2.10. The lowest BCUT2D eigenvalue weighted by molar-refractivity contribution is 0.354. The van der Waals surface area contributed by atoms with Crippen molar-refractivity contribution in [3.05, 3.63) is 41.0 Å². The van der Waals surface area contributed by atoms with Gasteiger partial charge in [0.15, 0.2) is 11.5 Å². The van der Waals surface area contributed by atoms with E-state index in [0.29, 0.717) is 34.7 Å². The van der Waals surface area contributed by atoms with E-state index in [1.807, 2.05) is 18.2 Å². The first kappa shape index (κ1) is 14.3. The summed E-state index contributed by atoms with van der Waals surface area (Å²) < 4.78 is 10.5. The van der Waals surface area contributed by atoms with E-state index in [9.17, 15) is 0 Å². The van der Waals surface area contributed by atoms with Crippen molar-refractivity contribution >= 4 is 23.1 Å². The zero-order valence-electron chi connectivity index (χ0n) is 11.3. The molecule has 0 saturated carbocycles. The Bertz CT molecular complexity index is 585. The third kappa shape index (κ3) is 3.45. The average molecular weight is 294 g/mol. The number of hydrogen-bond donors (Lipinski definition) is 2. The molecule has 0 fully saturated rings. The zero-order valence-corrected chi connectivity index (χ0v) is 12.1. The molecule has 5 nitrogen and oxygen atoms in total. The molecule has 0 amide bonds. The van der Waals surface area contributed by atoms with Crippen LogP contribution >= 0.6 is 11.6 Å². The highest BCUT2D eigenvalue weighted by atomic mass is 35.5. The highest BCUT2D eigenvalue weighted by Gasteiger charge is 2.05. The number of pyridine rings is 1. The fraction of sp³-hybridized carbons (Fsp3) is 0.214. The fourth-order valence-corrected chi connectivity index (χ4v) is 2.01. The first-order chi connectivity index (χ1) is 9.62. The summed E-state index contributed by atoms with van der Waals surface area (Å²) in [6, 6.07) is 9.04. The third-order valence-electron chi connectivity index (χ3n) is 2.74. The van der Waals surface area contributed by atoms with Crippen LogP contribution in [0.4, 0.5) is 11.5 Å². The van der Waals surface area contributed by atoms with Crippen molar-refractivity contribution in [2.24, 2.45) is 0 Å². The van der Waals surface area contributed by atoms with Gasteiger partial charge in [0.2, 0.25) is 0 Å². The summed E-state index contributed by atoms with van der Waals surface area (Å²) >= 11 is 5.85. The Labute approximate surface area is 122 Å². The number of nitrogens with zero attached hydrogens (tertiary/aromatic N) is 1. The lowest BCUT2D eigenvalue weighted by Gasteiger charge is -2.11. The maximum absolute atomic E-state index is 5.85. The quantitative estimate of drug-likeness (QED) is 0.830. The average Bonchev–Trinajstić information content (AvgIpc) is 2.43. The van der Waals surface area contributed by atoms with Gasteiger partial charge in [-0.2, -0.15) is 0 Å². The Morgan fingerprint density at radius 3 is 2.55 bits per heavy atom. The molecular formula is C14H16ClN3O2. The highest BCUT2D eigenvalue weighted by Crippen LogP contribution is 2.27. The number of ether oxygens (including phenoxy) is 2. The molecule has 1 aromatic carbocycles. The molecule has 20 heavy (non-hydrogen) atoms. The van der Waals surface area contributed by atoms with Crippen molar-refractivity contribution in [1.29, 1.82) is 0 Å². The number of methoxy groups -OCH3 is 2. The molecule has 0 unspecified atom stereocenters. The number of nitrogens with two attached hydrogens (primary N) is 1. The first-order valence-corrected chi connectivity index (χ1v) is 6.38. The minimum Gasteiger partial charge on any atom is -0.493 e. The van der Waals surface area contributed by atoms with Crippen LogP contribution in [-0.4, -0.2) is 19.2 Å². The van der Waals surface area contributed by atoms with E-state index in [2.05, 4.69) is 10.3 Å². The Morgan fingerprint density at radius 2 is 1.90 bits per heavy atom. The number of aromatic nitrogens is 1. The Kier molecular flexibility index (Phi) is 4.53. The van der Waals surface area contributed by atoms with Crippen molar-refractivity contribution in [2.45, 2.75) is 6.54 Å². The van der Waals surface area contributed by atoms with E-state index in [0.717, 1.165) is 5.56 Å². The lowest BCUT2D eigenvalue weighted by Crippen LogP contribution is -2.03. The topological polar surface area (TPSA) is 69.4 Å². The van der Waals surface area contributed by atoms with E-state index in [1.54, 1.807) is 26.4 Å². The Hall–Kier alpha value is -2.14. The molecule has 3 N–H and O–H groups in total. The third-order valence-corrected chi connectivity index (χ3v) is 2.93. The molecule has 0 aliphatic heterocycles. The minimum absolute atomic E-state index is 0.361. The standard InChI is InChI=1S/C14H16ClN3O2/c1-19-11-4-3-9(5-12(11)20-2)8-17-14-7-10(16)6-13(15)18-14/h3-7H,8H2,1-2H3,(H3,16,17,18). The maximum atomic E-state index is 5.85. The molecule has 0 aliphatic carbocycles. The van der Waals surface area contributed by atoms with E-state index >= 15 is 0 Å². The number of benzene rings is 1. The Morgan fingerprint density at radius 1 is 1.15 bits per heavy atom. The number of halogens is 1. The van der Waals surface area contributed by atoms with Crippen LogP contribution in [-0.2, 0) is 6.54 Å². The molecule has 2 aromatic rings. The summed E-state index contributed by atoms with van der Waals surface area (Å²) in [7, 11) is 3.21. The molecule has 0 saturated heterocycles. The summed E-state index contributed by atoms with van der Waals surface area (Å²) in [6.07, 6.45) is 0. The van der Waals surface area contributed by atoms with Gasteiger partial charge in [0.1, 0.15) is 11.0 Å². The summed E-state index contributed by atoms with van der Waals surface area (Å²) in [5, 5.41) is 3.52. The molecule has 2 rings (SSSR count). The molecular weight excluding hydrogens is 278 g/mol. The van der Waals surface area contributed by atoms with Gasteiger partial charge >= 0.3 is 0 Å². The SMILES string of the molecule is COc1ccc(CNc2cc(N)cc(Cl)n2)cc1OC. The molecule has 6 heteroatoms. The smallest absolute Gasteiger partial charge is 0.161 e. The van der Waals surface area contributed by atoms with Gasteiger partial charge in [-0.1, -0.05) is 17.7 Å². The van der Waals surface area contributed by atoms with E-state index in [-0.39, 0.29) is 0 Å². The second-order valence-corrected chi connectivity index (χ2v) is 4.54. The van der Waals surface area contributed by atoms with Crippen molar-refractivity contribution in [3.8, 4) is 11.5 Å². The lowest BCUT2D eigenvalue weighted by atomic mass is 10.2. The largest absolute Gasteiger partial charge is 0.493 e. The van der Waals surface area contributed by atoms with Crippen molar-refractivity contribution < 1.29 is 9.47 Å². The van der Waals surface area contributed by atoms with Crippen molar-refractivity contribution in [1.82, 2.24) is 4.98 Å². The van der Waals surface area contributed by atoms with Crippen LogP contribution < -0.4 is 20.5 Å². The second kappa shape index (κ2) is 6.34. The van der Waals surface area contributed by atoms with Gasteiger partial charge in [0.05, 0.1) is 14.2 Å². The van der Waals surface area contributed by atoms with Crippen LogP contribution in [0.2, 0.25) is 5.15 Å². The molecule has 1 heterocycles. The normalized spacial score (nSPS) is 10.2. The van der Waals surface area contributed by atoms with Crippen molar-refractivity contribution in [2.75, 3.05) is 25.3 Å². The number of rotatable bonds is 5. The van der Waals surface area contributed by atoms with Gasteiger partial charge in [-0.25, -0.2) is 4.98 Å². The van der Waals surface area contributed by atoms with Gasteiger partial charge in [-0.15, -0.1) is 0 Å². The molecule has 1 aromatic heterocycles. The van der Waals surface area contributed by atoms with Crippen LogP contribution in [0.5, 0.6) is 11.5 Å². The number of hydrogen-bond acceptors (Lipinski definition) is 5. The number of nitrogen functional groups attached to an aromatic ring is 1. The molecule has 0 atom stereocenters. The van der Waals surface area contributed by atoms with E-state index in [4.69, 9.17) is 26.8 Å². The van der Waals surface area contributed by atoms with E-state index in [1.165, 1.54) is 0 Å². The molecule has 106 valence electrons. The van der Waals surface area contributed by atoms with Crippen LogP contribution in [0.1, 0.15) is 5.56 Å². The fourth-order valence-electron chi connectivity index (χ4n) is 1.79. The zero-order chi connectivity index (χ0) is 14.5. The maximum Gasteiger partial charge on any atom is 0.161 e. The predicted molar refractivity (Wildman–Crippen MR) is 80.5 cm³/mol. The monoisotopic (exact) mass is 293 g/mol. The van der Waals surface area contributed by atoms with Gasteiger partial charge in [-0.3, -0.25) is 0 Å². The minimum atomic E-state index is 0.361. The van der Waals surface area contributed by atoms with Crippen LogP contribution in [0.25, 0.3) is 0 Å². The van der Waals surface area contributed by atoms with Gasteiger partial charge < -0.3 is 20.5 Å². The molecule has 0 aliphatic rings. The summed E-state index contributed by atoms with van der Waals surface area (Å²) in [4.78, 5) is 4.14. The summed E-state index contributed by atoms with van der Waals surface area (Å²) in [5.74, 6) is 2.01. The van der Waals surface area contributed by atoms with Crippen LogP contribution in [0.3, 0.4) is 0 Å². The molecule has 0 radical (unpaired) electrons. The highest BCUT2D eigenvalue weighted by molar-refractivity contribution is 6.29. The van der Waals surface area contributed by atoms with Crippen LogP contribution in [0, 0.1) is 0 Å².